The quantitative estimate of drug-likeness (QED) is 0.898. The minimum atomic E-state index is -0.0539. The fourth-order valence-electron chi connectivity index (χ4n) is 2.73. The first-order valence-electron chi connectivity index (χ1n) is 6.59. The smallest absolute Gasteiger partial charge is 0.317 e. The summed E-state index contributed by atoms with van der Waals surface area (Å²) in [5, 5.41) is 3.09. The van der Waals surface area contributed by atoms with Gasteiger partial charge in [0.25, 0.3) is 5.91 Å². The molecule has 0 radical (unpaired) electrons. The van der Waals surface area contributed by atoms with Gasteiger partial charge in [-0.3, -0.25) is 4.79 Å². The Labute approximate surface area is 125 Å². The van der Waals surface area contributed by atoms with Crippen LogP contribution in [-0.4, -0.2) is 58.9 Å². The van der Waals surface area contributed by atoms with Crippen LogP contribution in [0, 0.1) is 0 Å². The van der Waals surface area contributed by atoms with E-state index in [1.165, 1.54) is 11.3 Å². The van der Waals surface area contributed by atoms with Crippen molar-refractivity contribution in [2.75, 3.05) is 26.2 Å². The van der Waals surface area contributed by atoms with Crippen molar-refractivity contribution < 1.29 is 9.59 Å². The molecule has 0 aromatic carbocycles. The van der Waals surface area contributed by atoms with Crippen molar-refractivity contribution in [1.29, 1.82) is 0 Å². The lowest BCUT2D eigenvalue weighted by Crippen LogP contribution is -2.47. The first kappa shape index (κ1) is 13.6. The van der Waals surface area contributed by atoms with Gasteiger partial charge in [-0.25, -0.2) is 9.78 Å². The monoisotopic (exact) mass is 314 g/mol. The minimum Gasteiger partial charge on any atom is -0.338 e. The standard InChI is InChI=1S/C12H15ClN4O2S/c13-10-9(20-7-15-10)11(18)16-4-1-8(2-5-16)17-6-3-14-12(17)19/h7-8H,1-6H2,(H,14,19). The molecule has 2 fully saturated rings. The Bertz CT molecular complexity index is 527. The van der Waals surface area contributed by atoms with Gasteiger partial charge in [-0.2, -0.15) is 0 Å². The van der Waals surface area contributed by atoms with Crippen LogP contribution in [0.3, 0.4) is 0 Å². The van der Waals surface area contributed by atoms with E-state index in [-0.39, 0.29) is 23.1 Å². The first-order valence-corrected chi connectivity index (χ1v) is 7.85. The lowest BCUT2D eigenvalue weighted by Gasteiger charge is -2.35. The maximum atomic E-state index is 12.3. The van der Waals surface area contributed by atoms with Crippen molar-refractivity contribution in [1.82, 2.24) is 20.1 Å². The van der Waals surface area contributed by atoms with Gasteiger partial charge in [0.15, 0.2) is 5.15 Å². The third-order valence-corrected chi connectivity index (χ3v) is 5.01. The van der Waals surface area contributed by atoms with Crippen LogP contribution in [0.4, 0.5) is 4.79 Å². The summed E-state index contributed by atoms with van der Waals surface area (Å²) in [5.41, 5.74) is 1.58. The van der Waals surface area contributed by atoms with Crippen LogP contribution in [0.1, 0.15) is 22.5 Å². The molecular weight excluding hydrogens is 300 g/mol. The van der Waals surface area contributed by atoms with Crippen molar-refractivity contribution in [3.8, 4) is 0 Å². The molecule has 6 nitrogen and oxygen atoms in total. The summed E-state index contributed by atoms with van der Waals surface area (Å²) in [5.74, 6) is -0.0539. The molecule has 3 heterocycles. The van der Waals surface area contributed by atoms with Gasteiger partial charge in [-0.15, -0.1) is 11.3 Å². The Morgan fingerprint density at radius 1 is 1.40 bits per heavy atom. The highest BCUT2D eigenvalue weighted by Gasteiger charge is 2.32. The number of aromatic nitrogens is 1. The van der Waals surface area contributed by atoms with Gasteiger partial charge in [0.1, 0.15) is 4.88 Å². The molecule has 0 aliphatic carbocycles. The van der Waals surface area contributed by atoms with E-state index in [0.717, 1.165) is 19.4 Å². The zero-order chi connectivity index (χ0) is 14.1. The fourth-order valence-corrected chi connectivity index (χ4v) is 3.69. The summed E-state index contributed by atoms with van der Waals surface area (Å²) >= 11 is 7.16. The lowest BCUT2D eigenvalue weighted by molar-refractivity contribution is 0.0671. The number of hydrogen-bond donors (Lipinski definition) is 1. The summed E-state index contributed by atoms with van der Waals surface area (Å²) in [7, 11) is 0. The van der Waals surface area contributed by atoms with Crippen LogP contribution in [0.2, 0.25) is 5.15 Å². The molecule has 0 bridgehead atoms. The highest BCUT2D eigenvalue weighted by molar-refractivity contribution is 7.12. The average molecular weight is 315 g/mol. The summed E-state index contributed by atoms with van der Waals surface area (Å²) in [4.78, 5) is 32.0. The second kappa shape index (κ2) is 5.57. The minimum absolute atomic E-state index is 0.0141. The van der Waals surface area contributed by atoms with E-state index in [2.05, 4.69) is 10.3 Å². The molecule has 2 aliphatic heterocycles. The van der Waals surface area contributed by atoms with E-state index in [1.54, 1.807) is 10.4 Å². The zero-order valence-electron chi connectivity index (χ0n) is 10.8. The Balaban J connectivity index is 1.60. The van der Waals surface area contributed by atoms with Gasteiger partial charge < -0.3 is 15.1 Å². The number of urea groups is 1. The highest BCUT2D eigenvalue weighted by atomic mass is 35.5. The van der Waals surface area contributed by atoms with Gasteiger partial charge in [-0.05, 0) is 12.8 Å². The number of halogens is 1. The molecule has 3 rings (SSSR count). The van der Waals surface area contributed by atoms with Crippen molar-refractivity contribution in [2.24, 2.45) is 0 Å². The van der Waals surface area contributed by atoms with Crippen molar-refractivity contribution in [3.63, 3.8) is 0 Å². The van der Waals surface area contributed by atoms with Gasteiger partial charge in [0, 0.05) is 32.2 Å². The molecule has 1 N–H and O–H groups in total. The Hall–Kier alpha value is -1.34. The summed E-state index contributed by atoms with van der Waals surface area (Å²) < 4.78 is 0. The molecule has 0 saturated carbocycles. The van der Waals surface area contributed by atoms with Crippen LogP contribution in [0.25, 0.3) is 0 Å². The number of carbonyl (C=O) groups excluding carboxylic acids is 2. The number of nitrogens with one attached hydrogen (secondary N) is 1. The highest BCUT2D eigenvalue weighted by Crippen LogP contribution is 2.24. The lowest BCUT2D eigenvalue weighted by atomic mass is 10.0. The van der Waals surface area contributed by atoms with Crippen molar-refractivity contribution in [3.05, 3.63) is 15.5 Å². The van der Waals surface area contributed by atoms with E-state index in [0.29, 0.717) is 24.5 Å². The number of likely N-dealkylation sites (tertiary alicyclic amines) is 1. The van der Waals surface area contributed by atoms with Crippen LogP contribution >= 0.6 is 22.9 Å². The molecule has 2 saturated heterocycles. The Morgan fingerprint density at radius 3 is 2.70 bits per heavy atom. The molecule has 2 aliphatic rings. The molecule has 0 spiro atoms. The van der Waals surface area contributed by atoms with Gasteiger partial charge in [0.05, 0.1) is 5.51 Å². The Kier molecular flexibility index (Phi) is 3.80. The van der Waals surface area contributed by atoms with Crippen molar-refractivity contribution >= 4 is 34.9 Å². The number of hydrogen-bond acceptors (Lipinski definition) is 4. The SMILES string of the molecule is O=C(c1scnc1Cl)N1CCC(N2CCNC2=O)CC1. The van der Waals surface area contributed by atoms with E-state index in [1.807, 2.05) is 4.90 Å². The predicted molar refractivity (Wildman–Crippen MR) is 76.2 cm³/mol. The van der Waals surface area contributed by atoms with Gasteiger partial charge >= 0.3 is 6.03 Å². The maximum Gasteiger partial charge on any atom is 0.317 e. The third kappa shape index (κ3) is 2.47. The third-order valence-electron chi connectivity index (χ3n) is 3.80. The van der Waals surface area contributed by atoms with E-state index in [9.17, 15) is 9.59 Å². The zero-order valence-corrected chi connectivity index (χ0v) is 12.4. The average Bonchev–Trinajstić information content (AvgIpc) is 3.07. The Morgan fingerprint density at radius 2 is 2.15 bits per heavy atom. The van der Waals surface area contributed by atoms with Crippen molar-refractivity contribution in [2.45, 2.75) is 18.9 Å². The topological polar surface area (TPSA) is 65.5 Å². The van der Waals surface area contributed by atoms with Crippen LogP contribution < -0.4 is 5.32 Å². The van der Waals surface area contributed by atoms with Gasteiger partial charge in [-0.1, -0.05) is 11.6 Å². The van der Waals surface area contributed by atoms with E-state index in [4.69, 9.17) is 11.6 Å². The summed E-state index contributed by atoms with van der Waals surface area (Å²) in [6, 6.07) is 0.249. The molecule has 1 aromatic heterocycles. The number of carbonyl (C=O) groups is 2. The van der Waals surface area contributed by atoms with Crippen LogP contribution in [0.5, 0.6) is 0 Å². The van der Waals surface area contributed by atoms with Crippen LogP contribution in [-0.2, 0) is 0 Å². The summed E-state index contributed by atoms with van der Waals surface area (Å²) in [6.07, 6.45) is 1.63. The second-order valence-electron chi connectivity index (χ2n) is 4.92. The number of amides is 3. The second-order valence-corrected chi connectivity index (χ2v) is 6.13. The molecule has 0 atom stereocenters. The maximum absolute atomic E-state index is 12.3. The largest absolute Gasteiger partial charge is 0.338 e. The number of nitrogens with zero attached hydrogens (tertiary/aromatic N) is 3. The molecule has 20 heavy (non-hydrogen) atoms. The number of rotatable bonds is 2. The molecule has 1 aromatic rings. The van der Waals surface area contributed by atoms with Crippen LogP contribution in [0.15, 0.2) is 5.51 Å². The molecule has 8 heteroatoms. The molecule has 3 amide bonds. The number of piperidine rings is 1. The predicted octanol–water partition coefficient (Wildman–Crippen LogP) is 1.43. The normalized spacial score (nSPS) is 20.4. The molecule has 0 unspecified atom stereocenters. The molecular formula is C12H15ClN4O2S. The molecule has 108 valence electrons. The van der Waals surface area contributed by atoms with E-state index >= 15 is 0 Å². The fraction of sp³-hybridized carbons (Fsp3) is 0.583. The first-order chi connectivity index (χ1) is 9.66. The number of thiazole rings is 1. The van der Waals surface area contributed by atoms with Gasteiger partial charge in [0.2, 0.25) is 0 Å². The summed E-state index contributed by atoms with van der Waals surface area (Å²) in [6.45, 7) is 2.79. The van der Waals surface area contributed by atoms with E-state index < -0.39 is 0 Å².